The number of halogens is 1. The van der Waals surface area contributed by atoms with E-state index in [2.05, 4.69) is 26.3 Å². The van der Waals surface area contributed by atoms with Gasteiger partial charge in [0.25, 0.3) is 5.56 Å². The van der Waals surface area contributed by atoms with E-state index in [1.54, 1.807) is 13.3 Å². The first-order chi connectivity index (χ1) is 9.70. The molecule has 1 heterocycles. The van der Waals surface area contributed by atoms with Crippen LogP contribution in [0.1, 0.15) is 6.42 Å². The monoisotopic (exact) mass is 349 g/mol. The lowest BCUT2D eigenvalue weighted by atomic mass is 10.4. The van der Waals surface area contributed by atoms with E-state index in [0.717, 1.165) is 6.42 Å². The molecule has 0 unspecified atom stereocenters. The van der Waals surface area contributed by atoms with Crippen LogP contribution in [-0.4, -0.2) is 55.0 Å². The molecule has 7 nitrogen and oxygen atoms in total. The molecule has 20 heavy (non-hydrogen) atoms. The molecule has 0 saturated carbocycles. The van der Waals surface area contributed by atoms with Crippen LogP contribution >= 0.6 is 15.9 Å². The molecular weight excluding hydrogens is 330 g/mol. The van der Waals surface area contributed by atoms with E-state index in [1.807, 2.05) is 0 Å². The third-order valence-corrected chi connectivity index (χ3v) is 3.27. The van der Waals surface area contributed by atoms with E-state index < -0.39 is 0 Å². The summed E-state index contributed by atoms with van der Waals surface area (Å²) in [5.74, 6) is 0. The Morgan fingerprint density at radius 1 is 1.45 bits per heavy atom. The number of anilines is 1. The van der Waals surface area contributed by atoms with Crippen molar-refractivity contribution in [2.75, 3.05) is 45.4 Å². The van der Waals surface area contributed by atoms with Crippen LogP contribution in [-0.2, 0) is 16.0 Å². The number of aromatic nitrogens is 2. The zero-order valence-corrected chi connectivity index (χ0v) is 13.1. The molecule has 0 amide bonds. The van der Waals surface area contributed by atoms with Crippen molar-refractivity contribution in [3.05, 3.63) is 21.0 Å². The highest BCUT2D eigenvalue weighted by Gasteiger charge is 2.08. The first kappa shape index (κ1) is 17.1. The molecule has 0 radical (unpaired) electrons. The largest absolute Gasteiger partial charge is 0.394 e. The smallest absolute Gasteiger partial charge is 0.283 e. The zero-order valence-electron chi connectivity index (χ0n) is 11.5. The van der Waals surface area contributed by atoms with Gasteiger partial charge in [-0.1, -0.05) is 0 Å². The second-order valence-corrected chi connectivity index (χ2v) is 4.80. The Labute approximate surface area is 126 Å². The van der Waals surface area contributed by atoms with Crippen LogP contribution in [0.4, 0.5) is 5.69 Å². The van der Waals surface area contributed by atoms with Crippen molar-refractivity contribution in [3.8, 4) is 0 Å². The summed E-state index contributed by atoms with van der Waals surface area (Å²) < 4.78 is 11.9. The fraction of sp³-hybridized carbons (Fsp3) is 0.667. The highest BCUT2D eigenvalue weighted by molar-refractivity contribution is 9.10. The Morgan fingerprint density at radius 2 is 2.25 bits per heavy atom. The van der Waals surface area contributed by atoms with Crippen molar-refractivity contribution in [1.82, 2.24) is 9.78 Å². The van der Waals surface area contributed by atoms with Crippen molar-refractivity contribution < 1.29 is 14.6 Å². The Morgan fingerprint density at radius 3 is 2.95 bits per heavy atom. The topological polar surface area (TPSA) is 85.6 Å². The third-order valence-electron chi connectivity index (χ3n) is 2.51. The summed E-state index contributed by atoms with van der Waals surface area (Å²) >= 11 is 3.28. The van der Waals surface area contributed by atoms with Crippen LogP contribution in [0.25, 0.3) is 0 Å². The van der Waals surface area contributed by atoms with Crippen molar-refractivity contribution in [2.24, 2.45) is 0 Å². The van der Waals surface area contributed by atoms with Gasteiger partial charge in [0.15, 0.2) is 0 Å². The van der Waals surface area contributed by atoms with Gasteiger partial charge in [-0.3, -0.25) is 4.79 Å². The molecule has 0 saturated heterocycles. The average Bonchev–Trinajstić information content (AvgIpc) is 2.46. The second kappa shape index (κ2) is 9.87. The van der Waals surface area contributed by atoms with Gasteiger partial charge >= 0.3 is 0 Å². The van der Waals surface area contributed by atoms with Gasteiger partial charge in [0.05, 0.1) is 38.2 Å². The summed E-state index contributed by atoms with van der Waals surface area (Å²) in [6, 6.07) is 0. The molecule has 0 aromatic carbocycles. The Hall–Kier alpha value is -0.960. The summed E-state index contributed by atoms with van der Waals surface area (Å²) in [6.45, 7) is 2.46. The van der Waals surface area contributed by atoms with Crippen LogP contribution in [0.5, 0.6) is 0 Å². The summed E-state index contributed by atoms with van der Waals surface area (Å²) in [4.78, 5) is 12.0. The minimum atomic E-state index is -0.191. The minimum Gasteiger partial charge on any atom is -0.394 e. The maximum Gasteiger partial charge on any atom is 0.283 e. The number of nitrogens with one attached hydrogen (secondary N) is 1. The normalized spacial score (nSPS) is 10.8. The molecule has 0 aliphatic heterocycles. The number of hydrogen-bond acceptors (Lipinski definition) is 6. The van der Waals surface area contributed by atoms with Gasteiger partial charge in [0.1, 0.15) is 4.47 Å². The highest BCUT2D eigenvalue weighted by Crippen LogP contribution is 2.15. The molecule has 0 fully saturated rings. The number of rotatable bonds is 10. The lowest BCUT2D eigenvalue weighted by Crippen LogP contribution is -2.26. The average molecular weight is 350 g/mol. The second-order valence-electron chi connectivity index (χ2n) is 4.01. The molecule has 1 aromatic rings. The molecule has 0 aliphatic carbocycles. The number of nitrogens with zero attached hydrogens (tertiary/aromatic N) is 2. The summed E-state index contributed by atoms with van der Waals surface area (Å²) in [7, 11) is 1.58. The maximum absolute atomic E-state index is 12.0. The van der Waals surface area contributed by atoms with Gasteiger partial charge in [-0.2, -0.15) is 5.10 Å². The van der Waals surface area contributed by atoms with Crippen LogP contribution < -0.4 is 10.9 Å². The molecule has 114 valence electrons. The summed E-state index contributed by atoms with van der Waals surface area (Å²) in [6.07, 6.45) is 2.38. The predicted molar refractivity (Wildman–Crippen MR) is 79.1 cm³/mol. The van der Waals surface area contributed by atoms with Crippen LogP contribution in [0.2, 0.25) is 0 Å². The molecule has 0 bridgehead atoms. The van der Waals surface area contributed by atoms with Crippen LogP contribution in [0, 0.1) is 0 Å². The first-order valence-electron chi connectivity index (χ1n) is 6.37. The van der Waals surface area contributed by atoms with Crippen LogP contribution in [0.15, 0.2) is 15.5 Å². The van der Waals surface area contributed by atoms with Crippen molar-refractivity contribution in [3.63, 3.8) is 0 Å². The standard InChI is InChI=1S/C12H20BrN3O4/c1-19-7-4-16-12(18)11(13)10(9-15-16)14-3-2-6-20-8-5-17/h9,14,17H,2-8H2,1H3. The quantitative estimate of drug-likeness (QED) is 0.597. The van der Waals surface area contributed by atoms with E-state index in [9.17, 15) is 4.79 Å². The predicted octanol–water partition coefficient (Wildman–Crippen LogP) is 0.463. The van der Waals surface area contributed by atoms with Crippen LogP contribution in [0.3, 0.4) is 0 Å². The van der Waals surface area contributed by atoms with E-state index in [0.29, 0.717) is 43.1 Å². The number of aliphatic hydroxyl groups excluding tert-OH is 1. The maximum atomic E-state index is 12.0. The summed E-state index contributed by atoms with van der Waals surface area (Å²) in [5, 5.41) is 15.7. The third kappa shape index (κ3) is 5.58. The molecule has 0 atom stereocenters. The Balaban J connectivity index is 2.47. The van der Waals surface area contributed by atoms with Gasteiger partial charge in [0.2, 0.25) is 0 Å². The number of ether oxygens (including phenoxy) is 2. The van der Waals surface area contributed by atoms with E-state index in [1.165, 1.54) is 4.68 Å². The van der Waals surface area contributed by atoms with Crippen molar-refractivity contribution in [2.45, 2.75) is 13.0 Å². The summed E-state index contributed by atoms with van der Waals surface area (Å²) in [5.41, 5.74) is 0.467. The Kier molecular flexibility index (Phi) is 8.43. The van der Waals surface area contributed by atoms with E-state index in [4.69, 9.17) is 14.6 Å². The molecule has 1 aromatic heterocycles. The lowest BCUT2D eigenvalue weighted by molar-refractivity contribution is 0.0922. The minimum absolute atomic E-state index is 0.0304. The molecule has 0 spiro atoms. The van der Waals surface area contributed by atoms with Crippen molar-refractivity contribution >= 4 is 21.6 Å². The van der Waals surface area contributed by atoms with Gasteiger partial charge < -0.3 is 19.9 Å². The fourth-order valence-corrected chi connectivity index (χ4v) is 1.94. The van der Waals surface area contributed by atoms with E-state index in [-0.39, 0.29) is 12.2 Å². The Bertz CT molecular complexity index is 453. The SMILES string of the molecule is COCCn1ncc(NCCCOCCO)c(Br)c1=O. The highest BCUT2D eigenvalue weighted by atomic mass is 79.9. The molecule has 8 heteroatoms. The molecule has 1 rings (SSSR count). The van der Waals surface area contributed by atoms with Crippen molar-refractivity contribution in [1.29, 1.82) is 0 Å². The number of aliphatic hydroxyl groups is 1. The van der Waals surface area contributed by atoms with Gasteiger partial charge in [0, 0.05) is 20.3 Å². The lowest BCUT2D eigenvalue weighted by Gasteiger charge is -2.10. The van der Waals surface area contributed by atoms with Gasteiger partial charge in [-0.05, 0) is 22.4 Å². The molecular formula is C12H20BrN3O4. The number of hydrogen-bond donors (Lipinski definition) is 2. The molecule has 2 N–H and O–H groups in total. The first-order valence-corrected chi connectivity index (χ1v) is 7.17. The van der Waals surface area contributed by atoms with E-state index >= 15 is 0 Å². The molecule has 0 aliphatic rings. The van der Waals surface area contributed by atoms with Gasteiger partial charge in [-0.25, -0.2) is 4.68 Å². The number of methoxy groups -OCH3 is 1. The van der Waals surface area contributed by atoms with Gasteiger partial charge in [-0.15, -0.1) is 0 Å². The fourth-order valence-electron chi connectivity index (χ4n) is 1.49. The zero-order chi connectivity index (χ0) is 14.8.